The van der Waals surface area contributed by atoms with Crippen molar-refractivity contribution in [2.45, 2.75) is 13.8 Å². The first-order chi connectivity index (χ1) is 7.22. The van der Waals surface area contributed by atoms with Crippen LogP contribution in [0, 0.1) is 11.3 Å². The molecule has 3 nitrogen and oxygen atoms in total. The summed E-state index contributed by atoms with van der Waals surface area (Å²) in [5, 5.41) is 9.18. The summed E-state index contributed by atoms with van der Waals surface area (Å²) < 4.78 is 10.7. The van der Waals surface area contributed by atoms with Crippen LogP contribution in [0.4, 0.5) is 0 Å². The number of hydrogen-bond donors (Lipinski definition) is 0. The van der Waals surface area contributed by atoms with Gasteiger partial charge in [0.1, 0.15) is 6.07 Å². The minimum atomic E-state index is 0.379. The van der Waals surface area contributed by atoms with Crippen molar-refractivity contribution in [2.75, 3.05) is 13.2 Å². The molecule has 0 aliphatic rings. The normalized spacial score (nSPS) is 9.47. The third-order valence-corrected chi connectivity index (χ3v) is 2.07. The van der Waals surface area contributed by atoms with Gasteiger partial charge in [-0.2, -0.15) is 5.26 Å². The molecule has 0 bridgehead atoms. The molecule has 15 heavy (non-hydrogen) atoms. The first-order valence-corrected chi connectivity index (χ1v) is 5.10. The highest BCUT2D eigenvalue weighted by Crippen LogP contribution is 2.33. The van der Waals surface area contributed by atoms with Crippen LogP contribution in [0.3, 0.4) is 0 Å². The summed E-state index contributed by atoms with van der Waals surface area (Å²) in [6.45, 7) is 4.80. The van der Waals surface area contributed by atoms with Crippen LogP contribution >= 0.6 is 11.6 Å². The number of halogens is 1. The lowest BCUT2D eigenvalue weighted by atomic mass is 10.2. The summed E-state index contributed by atoms with van der Waals surface area (Å²) in [5.41, 5.74) is 0.392. The first kappa shape index (κ1) is 11.7. The van der Waals surface area contributed by atoms with Crippen molar-refractivity contribution < 1.29 is 9.47 Å². The Kier molecular flexibility index (Phi) is 4.26. The lowest BCUT2D eigenvalue weighted by molar-refractivity contribution is 0.287. The minimum absolute atomic E-state index is 0.379. The van der Waals surface area contributed by atoms with Crippen LogP contribution in [0.1, 0.15) is 19.4 Å². The molecule has 1 aromatic carbocycles. The fourth-order valence-corrected chi connectivity index (χ4v) is 1.35. The van der Waals surface area contributed by atoms with E-state index in [9.17, 15) is 0 Å². The Morgan fingerprint density at radius 1 is 1.20 bits per heavy atom. The van der Waals surface area contributed by atoms with Gasteiger partial charge in [0.05, 0.1) is 23.8 Å². The molecule has 0 N–H and O–H groups in total. The zero-order chi connectivity index (χ0) is 11.3. The highest BCUT2D eigenvalue weighted by molar-refractivity contribution is 6.31. The van der Waals surface area contributed by atoms with E-state index in [1.54, 1.807) is 12.1 Å². The van der Waals surface area contributed by atoms with E-state index in [1.165, 1.54) is 0 Å². The third-order valence-electron chi connectivity index (χ3n) is 1.75. The largest absolute Gasteiger partial charge is 0.490 e. The maximum absolute atomic E-state index is 8.80. The average Bonchev–Trinajstić information content (AvgIpc) is 2.22. The van der Waals surface area contributed by atoms with E-state index in [2.05, 4.69) is 0 Å². The fraction of sp³-hybridized carbons (Fsp3) is 0.364. The second kappa shape index (κ2) is 5.47. The predicted octanol–water partition coefficient (Wildman–Crippen LogP) is 3.01. The van der Waals surface area contributed by atoms with Gasteiger partial charge in [-0.15, -0.1) is 0 Å². The SMILES string of the molecule is CCOc1cc(Cl)c(C#N)cc1OCC. The van der Waals surface area contributed by atoms with Crippen LogP contribution in [0.25, 0.3) is 0 Å². The maximum Gasteiger partial charge on any atom is 0.162 e. The van der Waals surface area contributed by atoms with Gasteiger partial charge in [0.25, 0.3) is 0 Å². The lowest BCUT2D eigenvalue weighted by Crippen LogP contribution is -1.99. The molecule has 0 aliphatic carbocycles. The van der Waals surface area contributed by atoms with Crippen LogP contribution in [0.2, 0.25) is 5.02 Å². The minimum Gasteiger partial charge on any atom is -0.490 e. The van der Waals surface area contributed by atoms with E-state index in [-0.39, 0.29) is 0 Å². The zero-order valence-electron chi connectivity index (χ0n) is 8.71. The summed E-state index contributed by atoms with van der Waals surface area (Å²) in [4.78, 5) is 0. The van der Waals surface area contributed by atoms with Crippen LogP contribution in [-0.2, 0) is 0 Å². The fourth-order valence-electron chi connectivity index (χ4n) is 1.16. The van der Waals surface area contributed by atoms with E-state index < -0.39 is 0 Å². The molecule has 0 aromatic heterocycles. The molecule has 0 amide bonds. The van der Waals surface area contributed by atoms with Gasteiger partial charge in [-0.1, -0.05) is 11.6 Å². The maximum atomic E-state index is 8.80. The zero-order valence-corrected chi connectivity index (χ0v) is 9.47. The molecular formula is C11H12ClNO2. The van der Waals surface area contributed by atoms with Gasteiger partial charge >= 0.3 is 0 Å². The Bertz CT molecular complexity index is 385. The van der Waals surface area contributed by atoms with Crippen molar-refractivity contribution >= 4 is 11.6 Å². The standard InChI is InChI=1S/C11H12ClNO2/c1-3-14-10-5-8(7-13)9(12)6-11(10)15-4-2/h5-6H,3-4H2,1-2H3. The third kappa shape index (κ3) is 2.77. The molecule has 0 atom stereocenters. The molecule has 0 fully saturated rings. The molecule has 4 heteroatoms. The summed E-state index contributed by atoms with van der Waals surface area (Å²) in [7, 11) is 0. The summed E-state index contributed by atoms with van der Waals surface area (Å²) >= 11 is 5.88. The molecule has 0 saturated heterocycles. The summed E-state index contributed by atoms with van der Waals surface area (Å²) in [6, 6.07) is 5.20. The number of benzene rings is 1. The van der Waals surface area contributed by atoms with Crippen molar-refractivity contribution in [2.24, 2.45) is 0 Å². The first-order valence-electron chi connectivity index (χ1n) is 4.72. The van der Waals surface area contributed by atoms with Crippen molar-refractivity contribution in [3.63, 3.8) is 0 Å². The average molecular weight is 226 g/mol. The van der Waals surface area contributed by atoms with E-state index in [4.69, 9.17) is 26.3 Å². The molecule has 0 aliphatic heterocycles. The van der Waals surface area contributed by atoms with Crippen LogP contribution in [0.15, 0.2) is 12.1 Å². The Labute approximate surface area is 94.2 Å². The van der Waals surface area contributed by atoms with E-state index in [0.717, 1.165) is 0 Å². The molecule has 1 aromatic rings. The number of nitriles is 1. The highest BCUT2D eigenvalue weighted by Gasteiger charge is 2.10. The summed E-state index contributed by atoms with van der Waals surface area (Å²) in [5.74, 6) is 1.13. The molecule has 1 rings (SSSR count). The number of ether oxygens (including phenoxy) is 2. The van der Waals surface area contributed by atoms with Crippen molar-refractivity contribution in [3.8, 4) is 17.6 Å². The van der Waals surface area contributed by atoms with Crippen molar-refractivity contribution in [1.29, 1.82) is 5.26 Å². The molecule has 0 heterocycles. The molecule has 80 valence electrons. The molecule has 0 spiro atoms. The number of rotatable bonds is 4. The molecule has 0 radical (unpaired) electrons. The van der Waals surface area contributed by atoms with Gasteiger partial charge in [0.15, 0.2) is 11.5 Å². The van der Waals surface area contributed by atoms with E-state index >= 15 is 0 Å². The monoisotopic (exact) mass is 225 g/mol. The second-order valence-corrected chi connectivity index (χ2v) is 3.16. The van der Waals surface area contributed by atoms with Crippen LogP contribution in [0.5, 0.6) is 11.5 Å². The second-order valence-electron chi connectivity index (χ2n) is 2.76. The lowest BCUT2D eigenvalue weighted by Gasteiger charge is -2.11. The predicted molar refractivity (Wildman–Crippen MR) is 58.5 cm³/mol. The Hall–Kier alpha value is -1.40. The molecular weight excluding hydrogens is 214 g/mol. The van der Waals surface area contributed by atoms with Crippen LogP contribution in [-0.4, -0.2) is 13.2 Å². The Balaban J connectivity index is 3.14. The van der Waals surface area contributed by atoms with E-state index in [0.29, 0.717) is 35.3 Å². The molecule has 0 saturated carbocycles. The van der Waals surface area contributed by atoms with Crippen molar-refractivity contribution in [3.05, 3.63) is 22.7 Å². The van der Waals surface area contributed by atoms with Crippen molar-refractivity contribution in [1.82, 2.24) is 0 Å². The van der Waals surface area contributed by atoms with Gasteiger partial charge in [0.2, 0.25) is 0 Å². The summed E-state index contributed by atoms with van der Waals surface area (Å²) in [6.07, 6.45) is 0. The smallest absolute Gasteiger partial charge is 0.162 e. The Morgan fingerprint density at radius 2 is 1.73 bits per heavy atom. The van der Waals surface area contributed by atoms with Gasteiger partial charge in [-0.25, -0.2) is 0 Å². The topological polar surface area (TPSA) is 42.2 Å². The quantitative estimate of drug-likeness (QED) is 0.791. The number of nitrogens with zero attached hydrogens (tertiary/aromatic N) is 1. The van der Waals surface area contributed by atoms with Gasteiger partial charge in [-0.3, -0.25) is 0 Å². The van der Waals surface area contributed by atoms with Gasteiger partial charge < -0.3 is 9.47 Å². The highest BCUT2D eigenvalue weighted by atomic mass is 35.5. The van der Waals surface area contributed by atoms with Gasteiger partial charge in [-0.05, 0) is 13.8 Å². The molecule has 0 unspecified atom stereocenters. The van der Waals surface area contributed by atoms with E-state index in [1.807, 2.05) is 19.9 Å². The van der Waals surface area contributed by atoms with Crippen LogP contribution < -0.4 is 9.47 Å². The number of hydrogen-bond acceptors (Lipinski definition) is 3. The van der Waals surface area contributed by atoms with Gasteiger partial charge in [0, 0.05) is 12.1 Å². The Morgan fingerprint density at radius 3 is 2.20 bits per heavy atom.